The Kier molecular flexibility index (Phi) is 8.58. The number of halogens is 1. The topological polar surface area (TPSA) is 72.9 Å². The minimum atomic E-state index is -4.23. The Morgan fingerprint density at radius 2 is 1.65 bits per heavy atom. The highest BCUT2D eigenvalue weighted by Gasteiger charge is 2.35. The number of hydrogen-bond acceptors (Lipinski definition) is 5. The van der Waals surface area contributed by atoms with E-state index in [2.05, 4.69) is 6.92 Å². The van der Waals surface area contributed by atoms with E-state index in [1.54, 1.807) is 36.4 Å². The van der Waals surface area contributed by atoms with Crippen LogP contribution >= 0.6 is 11.6 Å². The molecule has 0 aliphatic heterocycles. The van der Waals surface area contributed by atoms with Gasteiger partial charge in [0.25, 0.3) is 15.9 Å². The van der Waals surface area contributed by atoms with Crippen LogP contribution in [0.2, 0.25) is 5.02 Å². The molecule has 3 aromatic carbocycles. The fourth-order valence-corrected chi connectivity index (χ4v) is 4.97. The second-order valence-corrected chi connectivity index (χ2v) is 9.99. The van der Waals surface area contributed by atoms with E-state index in [4.69, 9.17) is 21.1 Å². The minimum Gasteiger partial charge on any atom is -0.497 e. The molecule has 0 saturated carbocycles. The van der Waals surface area contributed by atoms with Gasteiger partial charge in [0, 0.05) is 11.1 Å². The molecule has 0 aromatic heterocycles. The van der Waals surface area contributed by atoms with Crippen molar-refractivity contribution in [2.45, 2.75) is 44.1 Å². The Labute approximate surface area is 206 Å². The molecule has 0 heterocycles. The van der Waals surface area contributed by atoms with Crippen molar-refractivity contribution in [2.24, 2.45) is 0 Å². The number of amides is 1. The van der Waals surface area contributed by atoms with Gasteiger partial charge in [0.15, 0.2) is 6.10 Å². The summed E-state index contributed by atoms with van der Waals surface area (Å²) in [4.78, 5) is 13.5. The van der Waals surface area contributed by atoms with Crippen molar-refractivity contribution in [3.05, 3.63) is 83.4 Å². The summed E-state index contributed by atoms with van der Waals surface area (Å²) in [5.74, 6) is 0.225. The van der Waals surface area contributed by atoms with Crippen LogP contribution in [-0.4, -0.2) is 27.5 Å². The molecule has 6 nitrogen and oxygen atoms in total. The van der Waals surface area contributed by atoms with Crippen molar-refractivity contribution >= 4 is 33.2 Å². The summed E-state index contributed by atoms with van der Waals surface area (Å²) in [5, 5.41) is 0.395. The van der Waals surface area contributed by atoms with Gasteiger partial charge < -0.3 is 9.47 Å². The van der Waals surface area contributed by atoms with Gasteiger partial charge in [-0.2, -0.15) is 4.31 Å². The number of rotatable bonds is 10. The number of carbonyl (C=O) groups is 1. The van der Waals surface area contributed by atoms with Gasteiger partial charge in [-0.25, -0.2) is 8.42 Å². The number of benzene rings is 3. The van der Waals surface area contributed by atoms with E-state index in [1.807, 2.05) is 12.1 Å². The number of sulfonamides is 1. The number of nitrogens with zero attached hydrogens (tertiary/aromatic N) is 1. The molecule has 1 amide bonds. The van der Waals surface area contributed by atoms with Crippen LogP contribution in [0.3, 0.4) is 0 Å². The molecule has 1 atom stereocenters. The number of unbranched alkanes of at least 4 members (excludes halogenated alkanes) is 1. The molecule has 0 bridgehead atoms. The van der Waals surface area contributed by atoms with Crippen LogP contribution in [0.15, 0.2) is 77.7 Å². The number of anilines is 1. The van der Waals surface area contributed by atoms with Crippen LogP contribution in [0, 0.1) is 0 Å². The monoisotopic (exact) mass is 501 g/mol. The molecule has 0 radical (unpaired) electrons. The molecular formula is C26H28ClNO5S. The maximum Gasteiger partial charge on any atom is 0.281 e. The molecule has 3 rings (SSSR count). The lowest BCUT2D eigenvalue weighted by Gasteiger charge is -2.26. The van der Waals surface area contributed by atoms with Crippen molar-refractivity contribution in [2.75, 3.05) is 11.4 Å². The Balaban J connectivity index is 1.98. The van der Waals surface area contributed by atoms with Gasteiger partial charge in [0.1, 0.15) is 11.5 Å². The Hall–Kier alpha value is -3.03. The summed E-state index contributed by atoms with van der Waals surface area (Å²) >= 11 is 5.94. The van der Waals surface area contributed by atoms with E-state index in [-0.39, 0.29) is 10.6 Å². The van der Waals surface area contributed by atoms with E-state index >= 15 is 0 Å². The largest absolute Gasteiger partial charge is 0.497 e. The van der Waals surface area contributed by atoms with Crippen molar-refractivity contribution in [1.82, 2.24) is 0 Å². The molecule has 180 valence electrons. The lowest BCUT2D eigenvalue weighted by Crippen LogP contribution is -2.44. The lowest BCUT2D eigenvalue weighted by atomic mass is 10.1. The van der Waals surface area contributed by atoms with Gasteiger partial charge in [-0.3, -0.25) is 4.79 Å². The Morgan fingerprint density at radius 1 is 1.00 bits per heavy atom. The summed E-state index contributed by atoms with van der Waals surface area (Å²) in [6.45, 7) is 3.62. The van der Waals surface area contributed by atoms with Crippen molar-refractivity contribution in [3.8, 4) is 11.5 Å². The summed E-state index contributed by atoms with van der Waals surface area (Å²) in [6, 6.07) is 19.5. The highest BCUT2D eigenvalue weighted by molar-refractivity contribution is 7.93. The summed E-state index contributed by atoms with van der Waals surface area (Å²) < 4.78 is 39.0. The zero-order valence-electron chi connectivity index (χ0n) is 19.4. The maximum absolute atomic E-state index is 13.6. The first-order valence-corrected chi connectivity index (χ1v) is 12.8. The fraction of sp³-hybridized carbons (Fsp3) is 0.269. The lowest BCUT2D eigenvalue weighted by molar-refractivity contribution is -0.123. The molecule has 0 N–H and O–H groups in total. The molecular weight excluding hydrogens is 474 g/mol. The van der Waals surface area contributed by atoms with Crippen molar-refractivity contribution in [3.63, 3.8) is 0 Å². The first-order valence-electron chi connectivity index (χ1n) is 11.0. The molecule has 0 aliphatic rings. The fourth-order valence-electron chi connectivity index (χ4n) is 3.37. The third-order valence-electron chi connectivity index (χ3n) is 5.24. The quantitative estimate of drug-likeness (QED) is 0.347. The number of methoxy groups -OCH3 is 1. The van der Waals surface area contributed by atoms with Gasteiger partial charge in [-0.1, -0.05) is 43.1 Å². The number of aryl methyl sites for hydroxylation is 1. The predicted octanol–water partition coefficient (Wildman–Crippen LogP) is 5.88. The number of hydrogen-bond donors (Lipinski definition) is 0. The zero-order valence-corrected chi connectivity index (χ0v) is 21.0. The molecule has 1 unspecified atom stereocenters. The maximum atomic E-state index is 13.6. The van der Waals surface area contributed by atoms with E-state index in [9.17, 15) is 13.2 Å². The van der Waals surface area contributed by atoms with Crippen LogP contribution in [0.1, 0.15) is 32.3 Å². The van der Waals surface area contributed by atoms with E-state index < -0.39 is 22.0 Å². The summed E-state index contributed by atoms with van der Waals surface area (Å²) in [6.07, 6.45) is 1.87. The van der Waals surface area contributed by atoms with E-state index in [1.165, 1.54) is 38.3 Å². The molecule has 0 saturated heterocycles. The predicted molar refractivity (Wildman–Crippen MR) is 134 cm³/mol. The van der Waals surface area contributed by atoms with Crippen LogP contribution < -0.4 is 13.8 Å². The van der Waals surface area contributed by atoms with Gasteiger partial charge in [0.05, 0.1) is 17.7 Å². The van der Waals surface area contributed by atoms with Crippen LogP contribution in [0.4, 0.5) is 5.69 Å². The minimum absolute atomic E-state index is 0.0473. The first-order chi connectivity index (χ1) is 16.3. The SMILES string of the molecule is CCCCc1ccc(N(C(=O)C(C)Oc2cccc(OC)c2)S(=O)(=O)c2ccc(Cl)cc2)cc1. The molecule has 8 heteroatoms. The molecule has 3 aromatic rings. The smallest absolute Gasteiger partial charge is 0.281 e. The van der Waals surface area contributed by atoms with Gasteiger partial charge in [-0.05, 0) is 73.9 Å². The standard InChI is InChI=1S/C26H28ClNO5S/c1-4-5-7-20-10-14-22(15-11-20)28(34(30,31)25-16-12-21(27)13-17-25)26(29)19(2)33-24-9-6-8-23(18-24)32-3/h6,8-19H,4-5,7H2,1-3H3. The Bertz CT molecular complexity index is 1210. The third kappa shape index (κ3) is 6.10. The highest BCUT2D eigenvalue weighted by atomic mass is 35.5. The summed E-state index contributed by atoms with van der Waals surface area (Å²) in [7, 11) is -2.70. The van der Waals surface area contributed by atoms with Crippen LogP contribution in [-0.2, 0) is 21.2 Å². The van der Waals surface area contributed by atoms with E-state index in [0.29, 0.717) is 16.5 Å². The van der Waals surface area contributed by atoms with Gasteiger partial charge in [0.2, 0.25) is 0 Å². The first kappa shape index (κ1) is 25.6. The highest BCUT2D eigenvalue weighted by Crippen LogP contribution is 2.28. The summed E-state index contributed by atoms with van der Waals surface area (Å²) in [5.41, 5.74) is 1.31. The second kappa shape index (κ2) is 11.4. The van der Waals surface area contributed by atoms with Crippen molar-refractivity contribution < 1.29 is 22.7 Å². The third-order valence-corrected chi connectivity index (χ3v) is 7.24. The molecule has 0 fully saturated rings. The zero-order chi connectivity index (χ0) is 24.7. The van der Waals surface area contributed by atoms with E-state index in [0.717, 1.165) is 29.1 Å². The van der Waals surface area contributed by atoms with Gasteiger partial charge in [-0.15, -0.1) is 0 Å². The number of ether oxygens (including phenoxy) is 2. The molecule has 0 spiro atoms. The van der Waals surface area contributed by atoms with Crippen LogP contribution in [0.25, 0.3) is 0 Å². The number of carbonyl (C=O) groups excluding carboxylic acids is 1. The van der Waals surface area contributed by atoms with Crippen LogP contribution in [0.5, 0.6) is 11.5 Å². The average Bonchev–Trinajstić information content (AvgIpc) is 2.83. The average molecular weight is 502 g/mol. The normalized spacial score (nSPS) is 12.1. The second-order valence-electron chi connectivity index (χ2n) is 7.77. The Morgan fingerprint density at radius 3 is 2.26 bits per heavy atom. The van der Waals surface area contributed by atoms with Crippen molar-refractivity contribution in [1.29, 1.82) is 0 Å². The van der Waals surface area contributed by atoms with Gasteiger partial charge >= 0.3 is 0 Å². The molecule has 0 aliphatic carbocycles. The molecule has 34 heavy (non-hydrogen) atoms.